The van der Waals surface area contributed by atoms with Gasteiger partial charge in [0.2, 0.25) is 5.78 Å². The quantitative estimate of drug-likeness (QED) is 0.0756. The molecule has 0 spiro atoms. The lowest BCUT2D eigenvalue weighted by atomic mass is 9.56. The predicted molar refractivity (Wildman–Crippen MR) is 136 cm³/mol. The van der Waals surface area contributed by atoms with Crippen LogP contribution >= 0.6 is 0 Å². The zero-order valence-electron chi connectivity index (χ0n) is 24.7. The molecule has 1 rings (SSSR count). The van der Waals surface area contributed by atoms with E-state index in [0.717, 1.165) is 6.92 Å². The summed E-state index contributed by atoms with van der Waals surface area (Å²) in [6.45, 7) is 2.82. The molecule has 0 bridgehead atoms. The first-order chi connectivity index (χ1) is 19.5. The Kier molecular flexibility index (Phi) is 11.4. The van der Waals surface area contributed by atoms with E-state index >= 15 is 0 Å². The van der Waals surface area contributed by atoms with Crippen molar-refractivity contribution in [2.24, 2.45) is 0 Å². The van der Waals surface area contributed by atoms with E-state index in [1.54, 1.807) is 0 Å². The third-order valence-electron chi connectivity index (χ3n) is 7.22. The van der Waals surface area contributed by atoms with Crippen molar-refractivity contribution in [3.05, 3.63) is 0 Å². The highest BCUT2D eigenvalue weighted by Gasteiger charge is 2.86. The fourth-order valence-corrected chi connectivity index (χ4v) is 5.39. The van der Waals surface area contributed by atoms with Crippen LogP contribution in [0, 0.1) is 0 Å². The number of carbonyl (C=O) groups is 8. The van der Waals surface area contributed by atoms with E-state index in [-0.39, 0.29) is 0 Å². The lowest BCUT2D eigenvalue weighted by Gasteiger charge is -2.56. The second kappa shape index (κ2) is 13.0. The van der Waals surface area contributed by atoms with Crippen molar-refractivity contribution >= 4 is 46.8 Å². The van der Waals surface area contributed by atoms with Gasteiger partial charge in [-0.2, -0.15) is 0 Å². The summed E-state index contributed by atoms with van der Waals surface area (Å²) in [4.78, 5) is 107. The maximum absolute atomic E-state index is 14.5. The highest BCUT2D eigenvalue weighted by molar-refractivity contribution is 6.22. The molecule has 1 fully saturated rings. The maximum Gasteiger partial charge on any atom is 0.304 e. The summed E-state index contributed by atoms with van der Waals surface area (Å²) >= 11 is 0. The second-order valence-corrected chi connectivity index (χ2v) is 10.2. The molecule has 1 aliphatic rings. The minimum atomic E-state index is -4.19. The molecule has 17 heteroatoms. The first kappa shape index (κ1) is 37.5. The van der Waals surface area contributed by atoms with Crippen molar-refractivity contribution < 1.29 is 82.8 Å². The van der Waals surface area contributed by atoms with Crippen LogP contribution in [0.15, 0.2) is 0 Å². The fraction of sp³-hybridized carbons (Fsp3) is 0.692. The van der Waals surface area contributed by atoms with Crippen molar-refractivity contribution in [3.63, 3.8) is 0 Å². The van der Waals surface area contributed by atoms with Crippen molar-refractivity contribution in [2.75, 3.05) is 6.61 Å². The van der Waals surface area contributed by atoms with Crippen molar-refractivity contribution in [1.82, 2.24) is 0 Å². The number of hydrogen-bond acceptors (Lipinski definition) is 17. The summed E-state index contributed by atoms with van der Waals surface area (Å²) in [7, 11) is 0. The van der Waals surface area contributed by atoms with Crippen molar-refractivity contribution in [3.8, 4) is 0 Å². The van der Waals surface area contributed by atoms with Crippen LogP contribution in [0.1, 0.15) is 55.4 Å². The average Bonchev–Trinajstić information content (AvgIpc) is 2.87. The normalized spacial score (nSPS) is 27.5. The molecule has 9 atom stereocenters. The topological polar surface area (TPSA) is 275 Å². The van der Waals surface area contributed by atoms with Crippen LogP contribution in [-0.2, 0) is 57.3 Å². The van der Waals surface area contributed by atoms with Gasteiger partial charge in [-0.05, 0) is 34.6 Å². The van der Waals surface area contributed by atoms with Gasteiger partial charge in [-0.15, -0.1) is 0 Å². The van der Waals surface area contributed by atoms with Gasteiger partial charge in [0.25, 0.3) is 16.8 Å². The first-order valence-electron chi connectivity index (χ1n) is 12.7. The molecule has 242 valence electrons. The predicted octanol–water partition coefficient (Wildman–Crippen LogP) is -3.59. The summed E-state index contributed by atoms with van der Waals surface area (Å²) < 4.78 is 20.7. The van der Waals surface area contributed by atoms with Gasteiger partial charge in [0, 0.05) is 20.8 Å². The number of aliphatic hydroxyl groups is 5. The number of esters is 3. The largest absolute Gasteiger partial charge is 0.442 e. The molecule has 0 saturated carbocycles. The van der Waals surface area contributed by atoms with Crippen LogP contribution in [0.5, 0.6) is 0 Å². The van der Waals surface area contributed by atoms with Crippen molar-refractivity contribution in [2.45, 2.75) is 108 Å². The summed E-state index contributed by atoms with van der Waals surface area (Å²) in [6.07, 6.45) is -10.5. The highest BCUT2D eigenvalue weighted by atomic mass is 16.7. The van der Waals surface area contributed by atoms with E-state index in [9.17, 15) is 63.9 Å². The van der Waals surface area contributed by atoms with Gasteiger partial charge >= 0.3 is 17.9 Å². The van der Waals surface area contributed by atoms with Gasteiger partial charge in [0.15, 0.2) is 28.7 Å². The molecule has 0 aromatic rings. The van der Waals surface area contributed by atoms with E-state index < -0.39 is 106 Å². The Morgan fingerprint density at radius 2 is 1.05 bits per heavy atom. The van der Waals surface area contributed by atoms with Crippen LogP contribution in [0.3, 0.4) is 0 Å². The SMILES string of the molecule is CC(=O)O[C@@](C(C)=O)(C(=O)C1O[C@@H](C)[C@H](O)[C@@H](O)[C@H]1O)[C@](OC(C)=O)(C(C)=O)[C@@](OC(C)=O)(C(C)=O)[C@](O)(CO)C(C)=O. The molecule has 0 aromatic carbocycles. The van der Waals surface area contributed by atoms with E-state index in [4.69, 9.17) is 18.9 Å². The zero-order chi connectivity index (χ0) is 34.0. The number of Topliss-reactive ketones (excluding diaryl/α,β-unsaturated/α-hetero) is 5. The molecule has 0 aliphatic carbocycles. The molecule has 0 radical (unpaired) electrons. The lowest BCUT2D eigenvalue weighted by molar-refractivity contribution is -0.283. The van der Waals surface area contributed by atoms with Gasteiger partial charge in [-0.1, -0.05) is 0 Å². The minimum absolute atomic E-state index is 0.440. The molecular formula is C26H36O17. The van der Waals surface area contributed by atoms with E-state index in [1.165, 1.54) is 0 Å². The Morgan fingerprint density at radius 3 is 1.37 bits per heavy atom. The van der Waals surface area contributed by atoms with Crippen molar-refractivity contribution in [1.29, 1.82) is 0 Å². The van der Waals surface area contributed by atoms with Gasteiger partial charge in [0.05, 0.1) is 12.7 Å². The second-order valence-electron chi connectivity index (χ2n) is 10.2. The Balaban J connectivity index is 4.81. The van der Waals surface area contributed by atoms with Gasteiger partial charge in [-0.3, -0.25) is 38.4 Å². The van der Waals surface area contributed by atoms with E-state index in [2.05, 4.69) is 0 Å². The summed E-state index contributed by atoms with van der Waals surface area (Å²) in [6, 6.07) is 0. The Hall–Kier alpha value is -3.48. The smallest absolute Gasteiger partial charge is 0.304 e. The number of carbonyl (C=O) groups excluding carboxylic acids is 8. The number of ketones is 5. The molecule has 43 heavy (non-hydrogen) atoms. The molecule has 1 unspecified atom stereocenters. The molecule has 1 heterocycles. The number of rotatable bonds is 13. The summed E-state index contributed by atoms with van der Waals surface area (Å²) in [5.41, 5.74) is -16.2. The van der Waals surface area contributed by atoms with Gasteiger partial charge in [0.1, 0.15) is 24.4 Å². The van der Waals surface area contributed by atoms with Crippen LogP contribution in [-0.4, -0.2) is 132 Å². The van der Waals surface area contributed by atoms with Crippen LogP contribution in [0.25, 0.3) is 0 Å². The highest BCUT2D eigenvalue weighted by Crippen LogP contribution is 2.51. The maximum atomic E-state index is 14.5. The summed E-state index contributed by atoms with van der Waals surface area (Å²) in [5.74, 6) is -14.0. The third kappa shape index (κ3) is 5.63. The monoisotopic (exact) mass is 620 g/mol. The van der Waals surface area contributed by atoms with Crippen LogP contribution < -0.4 is 0 Å². The minimum Gasteiger partial charge on any atom is -0.442 e. The summed E-state index contributed by atoms with van der Waals surface area (Å²) in [5, 5.41) is 53.1. The van der Waals surface area contributed by atoms with Gasteiger partial charge in [-0.25, -0.2) is 0 Å². The Labute approximate surface area is 245 Å². The molecule has 17 nitrogen and oxygen atoms in total. The lowest BCUT2D eigenvalue weighted by Crippen LogP contribution is -2.88. The van der Waals surface area contributed by atoms with Crippen LogP contribution in [0.2, 0.25) is 0 Å². The standard InChI is InChI=1S/C26H36O17/c1-10-18(35)19(36)20(37)21(40-10)22(38)24(12(3)29,41-15(6)32)26(14(5)31,43-17(8)34)25(13(4)30,42-16(7)33)23(39,9-27)11(2)28/h10,18-21,27,35-37,39H,9H2,1-8H3/t10-,18-,19+,20+,21?,23-,24-,25+,26+/m0/s1. The Bertz CT molecular complexity index is 1210. The number of aliphatic hydroxyl groups excluding tert-OH is 4. The fourth-order valence-electron chi connectivity index (χ4n) is 5.39. The number of ether oxygens (including phenoxy) is 4. The molecule has 0 aromatic heterocycles. The molecule has 1 saturated heterocycles. The van der Waals surface area contributed by atoms with Gasteiger partial charge < -0.3 is 44.5 Å². The Morgan fingerprint density at radius 1 is 0.628 bits per heavy atom. The molecule has 0 amide bonds. The zero-order valence-corrected chi connectivity index (χ0v) is 24.7. The molecular weight excluding hydrogens is 584 g/mol. The van der Waals surface area contributed by atoms with Crippen LogP contribution in [0.4, 0.5) is 0 Å². The first-order valence-corrected chi connectivity index (χ1v) is 12.7. The van der Waals surface area contributed by atoms with E-state index in [1.807, 2.05) is 0 Å². The van der Waals surface area contributed by atoms with E-state index in [0.29, 0.717) is 48.5 Å². The number of hydrogen-bond donors (Lipinski definition) is 5. The molecule has 1 aliphatic heterocycles. The third-order valence-corrected chi connectivity index (χ3v) is 7.22. The average molecular weight is 621 g/mol. The molecule has 5 N–H and O–H groups in total.